The number of nitrogens with zero attached hydrogens (tertiary/aromatic N) is 5. The molecule has 0 radical (unpaired) electrons. The summed E-state index contributed by atoms with van der Waals surface area (Å²) in [5.41, 5.74) is 2.64. The first-order valence-corrected chi connectivity index (χ1v) is 8.36. The van der Waals surface area contributed by atoms with E-state index in [1.165, 1.54) is 24.7 Å². The second-order valence-electron chi connectivity index (χ2n) is 6.63. The van der Waals surface area contributed by atoms with E-state index in [4.69, 9.17) is 4.74 Å². The van der Waals surface area contributed by atoms with Crippen LogP contribution in [0, 0.1) is 5.92 Å². The van der Waals surface area contributed by atoms with Gasteiger partial charge in [-0.15, -0.1) is 0 Å². The quantitative estimate of drug-likeness (QED) is 0.829. The third kappa shape index (κ3) is 3.03. The Morgan fingerprint density at radius 1 is 1.29 bits per heavy atom. The Morgan fingerprint density at radius 3 is 2.92 bits per heavy atom. The van der Waals surface area contributed by atoms with Crippen LogP contribution in [0.3, 0.4) is 0 Å². The molecular weight excluding hydrogens is 306 g/mol. The van der Waals surface area contributed by atoms with Crippen LogP contribution in [0.25, 0.3) is 0 Å². The number of carbonyl (C=O) groups excluding carboxylic acids is 1. The van der Waals surface area contributed by atoms with Crippen molar-refractivity contribution >= 4 is 5.91 Å². The average Bonchev–Trinajstić information content (AvgIpc) is 3.36. The van der Waals surface area contributed by atoms with Crippen LogP contribution in [-0.4, -0.2) is 50.3 Å². The van der Waals surface area contributed by atoms with E-state index in [9.17, 15) is 4.79 Å². The normalized spacial score (nSPS) is 20.0. The molecule has 3 heterocycles. The first-order chi connectivity index (χ1) is 11.7. The van der Waals surface area contributed by atoms with Crippen molar-refractivity contribution < 1.29 is 9.53 Å². The minimum atomic E-state index is -0.0928. The minimum absolute atomic E-state index is 0.0928. The first kappa shape index (κ1) is 15.3. The summed E-state index contributed by atoms with van der Waals surface area (Å²) < 4.78 is 7.81. The molecule has 4 rings (SSSR count). The lowest BCUT2D eigenvalue weighted by Gasteiger charge is -2.32. The first-order valence-electron chi connectivity index (χ1n) is 8.36. The lowest BCUT2D eigenvalue weighted by molar-refractivity contribution is 0.0616. The van der Waals surface area contributed by atoms with Crippen LogP contribution in [-0.2, 0) is 18.3 Å². The number of amides is 1. The van der Waals surface area contributed by atoms with E-state index in [-0.39, 0.29) is 11.8 Å². The number of carbonyl (C=O) groups is 1. The van der Waals surface area contributed by atoms with Crippen molar-refractivity contribution in [3.8, 4) is 0 Å². The molecule has 0 unspecified atom stereocenters. The van der Waals surface area contributed by atoms with E-state index >= 15 is 0 Å². The lowest BCUT2D eigenvalue weighted by Crippen LogP contribution is -2.40. The molecule has 1 fully saturated rings. The molecule has 2 aromatic rings. The van der Waals surface area contributed by atoms with Crippen molar-refractivity contribution in [1.82, 2.24) is 24.6 Å². The van der Waals surface area contributed by atoms with E-state index < -0.39 is 0 Å². The molecule has 1 amide bonds. The summed E-state index contributed by atoms with van der Waals surface area (Å²) in [6.07, 6.45) is 9.03. The summed E-state index contributed by atoms with van der Waals surface area (Å²) in [7, 11) is 1.95. The zero-order valence-corrected chi connectivity index (χ0v) is 13.8. The highest BCUT2D eigenvalue weighted by atomic mass is 16.5. The van der Waals surface area contributed by atoms with Crippen LogP contribution in [0.5, 0.6) is 0 Å². The fourth-order valence-electron chi connectivity index (χ4n) is 3.28. The van der Waals surface area contributed by atoms with Gasteiger partial charge in [-0.25, -0.2) is 4.98 Å². The maximum Gasteiger partial charge on any atom is 0.274 e. The average molecular weight is 327 g/mol. The molecule has 0 bridgehead atoms. The summed E-state index contributed by atoms with van der Waals surface area (Å²) in [6.45, 7) is 2.61. The van der Waals surface area contributed by atoms with Crippen molar-refractivity contribution in [2.24, 2.45) is 13.0 Å². The van der Waals surface area contributed by atoms with E-state index in [0.717, 1.165) is 18.1 Å². The molecule has 2 aromatic heterocycles. The maximum atomic E-state index is 12.7. The molecule has 1 saturated carbocycles. The van der Waals surface area contributed by atoms with E-state index in [2.05, 4.69) is 15.1 Å². The Kier molecular flexibility index (Phi) is 4.02. The van der Waals surface area contributed by atoms with Gasteiger partial charge in [-0.2, -0.15) is 5.10 Å². The Bertz CT molecular complexity index is 726. The van der Waals surface area contributed by atoms with Crippen molar-refractivity contribution in [3.63, 3.8) is 0 Å². The van der Waals surface area contributed by atoms with Gasteiger partial charge in [-0.1, -0.05) is 0 Å². The molecule has 0 spiro atoms. The largest absolute Gasteiger partial charge is 0.380 e. The Morgan fingerprint density at radius 2 is 2.17 bits per heavy atom. The molecule has 7 nitrogen and oxygen atoms in total. The van der Waals surface area contributed by atoms with E-state index in [1.807, 2.05) is 22.8 Å². The van der Waals surface area contributed by atoms with Gasteiger partial charge in [0.2, 0.25) is 0 Å². The molecule has 7 heteroatoms. The molecule has 1 atom stereocenters. The lowest BCUT2D eigenvalue weighted by atomic mass is 9.96. The monoisotopic (exact) mass is 327 g/mol. The Balaban J connectivity index is 1.52. The number of hydrogen-bond donors (Lipinski definition) is 0. The zero-order valence-electron chi connectivity index (χ0n) is 13.8. The molecule has 1 aliphatic heterocycles. The molecule has 1 aliphatic carbocycles. The van der Waals surface area contributed by atoms with Gasteiger partial charge in [0.1, 0.15) is 5.69 Å². The van der Waals surface area contributed by atoms with Crippen LogP contribution < -0.4 is 0 Å². The summed E-state index contributed by atoms with van der Waals surface area (Å²) in [6, 6.07) is 0. The highest BCUT2D eigenvalue weighted by Gasteiger charge is 2.32. The van der Waals surface area contributed by atoms with Gasteiger partial charge in [-0.05, 0) is 18.8 Å². The molecule has 2 aliphatic rings. The van der Waals surface area contributed by atoms with Crippen LogP contribution in [0.1, 0.15) is 40.5 Å². The topological polar surface area (TPSA) is 73.1 Å². The van der Waals surface area contributed by atoms with Crippen molar-refractivity contribution in [1.29, 1.82) is 0 Å². The summed E-state index contributed by atoms with van der Waals surface area (Å²) in [5.74, 6) is 0.780. The summed E-state index contributed by atoms with van der Waals surface area (Å²) >= 11 is 0. The van der Waals surface area contributed by atoms with Gasteiger partial charge in [0.15, 0.2) is 0 Å². The van der Waals surface area contributed by atoms with Gasteiger partial charge in [0.05, 0.1) is 24.7 Å². The maximum absolute atomic E-state index is 12.7. The summed E-state index contributed by atoms with van der Waals surface area (Å²) in [4.78, 5) is 22.6. The summed E-state index contributed by atoms with van der Waals surface area (Å²) in [5, 5.41) is 4.37. The van der Waals surface area contributed by atoms with Crippen molar-refractivity contribution in [2.45, 2.75) is 25.3 Å². The van der Waals surface area contributed by atoms with Gasteiger partial charge < -0.3 is 9.64 Å². The second-order valence-corrected chi connectivity index (χ2v) is 6.63. The van der Waals surface area contributed by atoms with Crippen LogP contribution in [0.4, 0.5) is 0 Å². The third-order valence-electron chi connectivity index (χ3n) is 4.69. The number of hydrogen-bond acceptors (Lipinski definition) is 5. The number of ether oxygens (including phenoxy) is 1. The Labute approximate surface area is 140 Å². The predicted octanol–water partition coefficient (Wildman–Crippen LogP) is 1.38. The molecule has 0 saturated heterocycles. The molecular formula is C17H21N5O2. The highest BCUT2D eigenvalue weighted by Crippen LogP contribution is 2.31. The second kappa shape index (κ2) is 6.32. The SMILES string of the molecule is Cn1ncc2c1[C@@H](COCC1CC1)CN(C(=O)c1cnccn1)C2. The van der Waals surface area contributed by atoms with E-state index in [1.54, 1.807) is 12.4 Å². The van der Waals surface area contributed by atoms with Gasteiger partial charge in [0.25, 0.3) is 5.91 Å². The fourth-order valence-corrected chi connectivity index (χ4v) is 3.28. The van der Waals surface area contributed by atoms with Crippen LogP contribution in [0.2, 0.25) is 0 Å². The van der Waals surface area contributed by atoms with Gasteiger partial charge in [-0.3, -0.25) is 14.5 Å². The van der Waals surface area contributed by atoms with E-state index in [0.29, 0.717) is 25.4 Å². The minimum Gasteiger partial charge on any atom is -0.380 e. The number of rotatable bonds is 5. The van der Waals surface area contributed by atoms with Gasteiger partial charge >= 0.3 is 0 Å². The highest BCUT2D eigenvalue weighted by molar-refractivity contribution is 5.92. The third-order valence-corrected chi connectivity index (χ3v) is 4.69. The fraction of sp³-hybridized carbons (Fsp3) is 0.529. The van der Waals surface area contributed by atoms with Gasteiger partial charge in [0, 0.05) is 50.6 Å². The molecule has 0 aromatic carbocycles. The smallest absolute Gasteiger partial charge is 0.274 e. The number of aryl methyl sites for hydroxylation is 1. The predicted molar refractivity (Wildman–Crippen MR) is 86.3 cm³/mol. The van der Waals surface area contributed by atoms with Crippen LogP contribution >= 0.6 is 0 Å². The number of aromatic nitrogens is 4. The van der Waals surface area contributed by atoms with Crippen LogP contribution in [0.15, 0.2) is 24.8 Å². The Hall–Kier alpha value is -2.28. The van der Waals surface area contributed by atoms with Crippen molar-refractivity contribution in [2.75, 3.05) is 19.8 Å². The molecule has 0 N–H and O–H groups in total. The van der Waals surface area contributed by atoms with Crippen molar-refractivity contribution in [3.05, 3.63) is 41.7 Å². The molecule has 126 valence electrons. The zero-order chi connectivity index (χ0) is 16.5. The standard InChI is InChI=1S/C17H21N5O2/c1-21-16-13(6-20-21)8-22(17(23)15-7-18-4-5-19-15)9-14(16)11-24-10-12-2-3-12/h4-7,12,14H,2-3,8-11H2,1H3/t14-/m1/s1. The molecule has 24 heavy (non-hydrogen) atoms. The number of fused-ring (bicyclic) bond motifs is 1.